The fourth-order valence-electron chi connectivity index (χ4n) is 3.20. The van der Waals surface area contributed by atoms with Gasteiger partial charge in [-0.05, 0) is 47.1 Å². The van der Waals surface area contributed by atoms with E-state index < -0.39 is 6.17 Å². The van der Waals surface area contributed by atoms with Gasteiger partial charge in [0.25, 0.3) is 5.91 Å². The summed E-state index contributed by atoms with van der Waals surface area (Å²) in [5, 5.41) is 17.6. The highest BCUT2D eigenvalue weighted by Gasteiger charge is 2.33. The van der Waals surface area contributed by atoms with Crippen LogP contribution in [0.15, 0.2) is 21.1 Å². The van der Waals surface area contributed by atoms with Crippen molar-refractivity contribution in [1.29, 1.82) is 0 Å². The van der Waals surface area contributed by atoms with Crippen molar-refractivity contribution in [3.8, 4) is 5.75 Å². The molecule has 0 spiro atoms. The van der Waals surface area contributed by atoms with Gasteiger partial charge >= 0.3 is 0 Å². The summed E-state index contributed by atoms with van der Waals surface area (Å²) in [6.45, 7) is 1.84. The van der Waals surface area contributed by atoms with Gasteiger partial charge in [-0.3, -0.25) is 4.79 Å². The summed E-state index contributed by atoms with van der Waals surface area (Å²) in [7, 11) is 2.09. The van der Waals surface area contributed by atoms with E-state index in [1.807, 2.05) is 6.07 Å². The molecule has 2 aliphatic heterocycles. The number of hydrogen-bond acceptors (Lipinski definition) is 5. The lowest BCUT2D eigenvalue weighted by atomic mass is 10.0. The van der Waals surface area contributed by atoms with Gasteiger partial charge in [0.1, 0.15) is 16.9 Å². The second-order valence-corrected chi connectivity index (χ2v) is 8.95. The van der Waals surface area contributed by atoms with Crippen LogP contribution in [0.1, 0.15) is 32.5 Å². The van der Waals surface area contributed by atoms with E-state index in [1.54, 1.807) is 17.4 Å². The smallest absolute Gasteiger partial charge is 0.256 e. The van der Waals surface area contributed by atoms with Crippen molar-refractivity contribution in [2.24, 2.45) is 0 Å². The fourth-order valence-corrected chi connectivity index (χ4v) is 5.82. The van der Waals surface area contributed by atoms with Crippen LogP contribution in [0.25, 0.3) is 0 Å². The summed E-state index contributed by atoms with van der Waals surface area (Å²) in [4.78, 5) is 16.2. The highest BCUT2D eigenvalue weighted by molar-refractivity contribution is 9.11. The summed E-state index contributed by atoms with van der Waals surface area (Å²) < 4.78 is 1.41. The lowest BCUT2D eigenvalue weighted by Crippen LogP contribution is -2.38. The van der Waals surface area contributed by atoms with Gasteiger partial charge in [0.05, 0.1) is 10.0 Å². The van der Waals surface area contributed by atoms with Gasteiger partial charge in [0.15, 0.2) is 0 Å². The molecule has 2 aliphatic rings. The highest BCUT2D eigenvalue weighted by atomic mass is 79.9. The number of fused-ring (bicyclic) bond motifs is 3. The number of rotatable bonds is 1. The normalized spacial score (nSPS) is 20.1. The first-order valence-corrected chi connectivity index (χ1v) is 9.92. The zero-order valence-corrected chi connectivity index (χ0v) is 16.8. The molecule has 0 bridgehead atoms. The maximum Gasteiger partial charge on any atom is 0.256 e. The summed E-state index contributed by atoms with van der Waals surface area (Å²) in [5.74, 6) is 0.0480. The van der Waals surface area contributed by atoms with Crippen LogP contribution in [0.2, 0.25) is 0 Å². The number of aromatic hydroxyl groups is 1. The largest absolute Gasteiger partial charge is 0.506 e. The molecule has 0 saturated heterocycles. The van der Waals surface area contributed by atoms with Crippen LogP contribution in [-0.2, 0) is 13.0 Å². The summed E-state index contributed by atoms with van der Waals surface area (Å²) in [6.07, 6.45) is 0.433. The number of amides is 1. The van der Waals surface area contributed by atoms with E-state index in [2.05, 4.69) is 54.4 Å². The second-order valence-electron chi connectivity index (χ2n) is 6.07. The number of hydrogen-bond donors (Lipinski definition) is 3. The van der Waals surface area contributed by atoms with Crippen LogP contribution in [0.4, 0.5) is 5.00 Å². The van der Waals surface area contributed by atoms with Gasteiger partial charge in [-0.25, -0.2) is 0 Å². The molecule has 8 heteroatoms. The van der Waals surface area contributed by atoms with Gasteiger partial charge in [-0.15, -0.1) is 11.3 Å². The molecule has 0 fully saturated rings. The number of phenols is 1. The molecule has 0 aliphatic carbocycles. The zero-order valence-electron chi connectivity index (χ0n) is 12.8. The van der Waals surface area contributed by atoms with E-state index in [0.717, 1.165) is 40.1 Å². The van der Waals surface area contributed by atoms with Crippen LogP contribution in [0.3, 0.4) is 0 Å². The Hall–Kier alpha value is -1.09. The van der Waals surface area contributed by atoms with Gasteiger partial charge in [0.2, 0.25) is 0 Å². The van der Waals surface area contributed by atoms with E-state index in [0.29, 0.717) is 10.0 Å². The Morgan fingerprint density at radius 2 is 2.12 bits per heavy atom. The average molecular weight is 473 g/mol. The molecule has 2 aromatic rings. The first-order valence-electron chi connectivity index (χ1n) is 7.52. The molecule has 24 heavy (non-hydrogen) atoms. The van der Waals surface area contributed by atoms with Crippen molar-refractivity contribution >= 4 is 54.1 Å². The van der Waals surface area contributed by atoms with Crippen LogP contribution < -0.4 is 10.6 Å². The van der Waals surface area contributed by atoms with Crippen molar-refractivity contribution in [2.45, 2.75) is 19.1 Å². The predicted molar refractivity (Wildman–Crippen MR) is 102 cm³/mol. The number of nitrogens with one attached hydrogen (secondary N) is 2. The Morgan fingerprint density at radius 3 is 2.92 bits per heavy atom. The number of anilines is 1. The Bertz CT molecular complexity index is 852. The zero-order chi connectivity index (χ0) is 17.0. The van der Waals surface area contributed by atoms with E-state index in [9.17, 15) is 9.90 Å². The first kappa shape index (κ1) is 16.4. The minimum atomic E-state index is -0.461. The van der Waals surface area contributed by atoms with Gasteiger partial charge < -0.3 is 20.6 Å². The molecule has 3 heterocycles. The second kappa shape index (κ2) is 6.01. The molecule has 0 radical (unpaired) electrons. The predicted octanol–water partition coefficient (Wildman–Crippen LogP) is 3.82. The number of thiophene rings is 1. The third-order valence-electron chi connectivity index (χ3n) is 4.39. The van der Waals surface area contributed by atoms with Gasteiger partial charge in [-0.1, -0.05) is 15.9 Å². The Kier molecular flexibility index (Phi) is 4.11. The Balaban J connectivity index is 1.74. The minimum absolute atomic E-state index is 0.0775. The summed E-state index contributed by atoms with van der Waals surface area (Å²) in [5.41, 5.74) is 2.56. The van der Waals surface area contributed by atoms with E-state index in [1.165, 1.54) is 4.88 Å². The molecule has 1 aromatic carbocycles. The van der Waals surface area contributed by atoms with E-state index in [4.69, 9.17) is 0 Å². The number of phenolic OH excluding ortho intramolecular Hbond substituents is 1. The summed E-state index contributed by atoms with van der Waals surface area (Å²) in [6, 6.07) is 3.58. The van der Waals surface area contributed by atoms with Crippen LogP contribution in [0.5, 0.6) is 5.75 Å². The SMILES string of the molecule is CN1CCc2c(sc3c2C(=O)NC(c2cc(Br)cc(Br)c2O)N3)C1. The monoisotopic (exact) mass is 471 g/mol. The third-order valence-corrected chi connectivity index (χ3v) is 6.60. The number of benzene rings is 1. The number of carbonyl (C=O) groups is 1. The van der Waals surface area contributed by atoms with Gasteiger partial charge in [-0.2, -0.15) is 0 Å². The molecule has 0 saturated carbocycles. The molecule has 1 aromatic heterocycles. The molecule has 1 unspecified atom stereocenters. The topological polar surface area (TPSA) is 64.6 Å². The third kappa shape index (κ3) is 2.65. The quantitative estimate of drug-likeness (QED) is 0.590. The number of carbonyl (C=O) groups excluding carboxylic acids is 1. The molecule has 3 N–H and O–H groups in total. The van der Waals surface area contributed by atoms with E-state index in [-0.39, 0.29) is 11.7 Å². The van der Waals surface area contributed by atoms with Crippen LogP contribution in [0, 0.1) is 0 Å². The van der Waals surface area contributed by atoms with Crippen molar-refractivity contribution in [3.05, 3.63) is 42.6 Å². The lowest BCUT2D eigenvalue weighted by Gasteiger charge is -2.28. The standard InChI is InChI=1S/C16H15Br2N3O2S/c1-21-3-2-8-11(6-21)24-16-12(8)15(23)19-14(20-16)9-4-7(17)5-10(18)13(9)22/h4-5,14,20,22H,2-3,6H2,1H3,(H,19,23). The van der Waals surface area contributed by atoms with Gasteiger partial charge in [0, 0.05) is 28.0 Å². The van der Waals surface area contributed by atoms with Crippen LogP contribution >= 0.6 is 43.2 Å². The Morgan fingerprint density at radius 1 is 1.33 bits per heavy atom. The maximum atomic E-state index is 12.7. The average Bonchev–Trinajstić information content (AvgIpc) is 2.88. The fraction of sp³-hybridized carbons (Fsp3) is 0.312. The molecular weight excluding hydrogens is 458 g/mol. The lowest BCUT2D eigenvalue weighted by molar-refractivity contribution is 0.0934. The van der Waals surface area contributed by atoms with Crippen molar-refractivity contribution < 1.29 is 9.90 Å². The maximum absolute atomic E-state index is 12.7. The molecule has 5 nitrogen and oxygen atoms in total. The Labute approximate surface area is 160 Å². The summed E-state index contributed by atoms with van der Waals surface area (Å²) >= 11 is 8.41. The molecular formula is C16H15Br2N3O2S. The van der Waals surface area contributed by atoms with Crippen molar-refractivity contribution in [3.63, 3.8) is 0 Å². The van der Waals surface area contributed by atoms with Crippen LogP contribution in [-0.4, -0.2) is 29.5 Å². The number of nitrogens with zero attached hydrogens (tertiary/aromatic N) is 1. The molecule has 1 atom stereocenters. The number of halogens is 2. The molecule has 126 valence electrons. The number of likely N-dealkylation sites (N-methyl/N-ethyl adjacent to an activating group) is 1. The van der Waals surface area contributed by atoms with Crippen molar-refractivity contribution in [2.75, 3.05) is 18.9 Å². The van der Waals surface area contributed by atoms with E-state index >= 15 is 0 Å². The minimum Gasteiger partial charge on any atom is -0.506 e. The van der Waals surface area contributed by atoms with Crippen molar-refractivity contribution in [1.82, 2.24) is 10.2 Å². The first-order chi connectivity index (χ1) is 11.4. The molecule has 1 amide bonds. The highest BCUT2D eigenvalue weighted by Crippen LogP contribution is 2.43. The molecule has 4 rings (SSSR count).